The molecule has 2 N–H and O–H groups in total. The van der Waals surface area contributed by atoms with E-state index in [1.807, 2.05) is 112 Å². The van der Waals surface area contributed by atoms with Crippen molar-refractivity contribution >= 4 is 91.8 Å². The summed E-state index contributed by atoms with van der Waals surface area (Å²) >= 11 is 25.1. The van der Waals surface area contributed by atoms with Crippen molar-refractivity contribution in [3.8, 4) is 0 Å². The summed E-state index contributed by atoms with van der Waals surface area (Å²) in [6.07, 6.45) is 1.34. The third kappa shape index (κ3) is 13.8. The number of carboxylic acid groups (broad SMARTS) is 2. The average molecular weight is 1080 g/mol. The van der Waals surface area contributed by atoms with Crippen molar-refractivity contribution in [1.82, 2.24) is 9.80 Å². The maximum absolute atomic E-state index is 14.1. The summed E-state index contributed by atoms with van der Waals surface area (Å²) in [5.41, 5.74) is 1.44. The molecule has 2 heterocycles. The summed E-state index contributed by atoms with van der Waals surface area (Å²) in [6, 6.07) is 28.5. The second-order valence-electron chi connectivity index (χ2n) is 19.7. The van der Waals surface area contributed by atoms with Gasteiger partial charge in [0.2, 0.25) is 11.8 Å². The van der Waals surface area contributed by atoms with Gasteiger partial charge in [-0.15, -0.1) is 0 Å². The molecule has 0 aliphatic carbocycles. The molecule has 380 valence electrons. The number of halogens is 4. The third-order valence-electron chi connectivity index (χ3n) is 13.8. The molecule has 4 aromatic rings. The molecule has 2 saturated heterocycles. The smallest absolute Gasteiger partial charge is 0.304 e. The minimum absolute atomic E-state index is 0.0490. The lowest BCUT2D eigenvalue weighted by atomic mass is 9.67. The number of carbonyl (C=O) groups excluding carboxylic acids is 2. The molecule has 10 nitrogen and oxygen atoms in total. The lowest BCUT2D eigenvalue weighted by molar-refractivity contribution is -0.160. The molecule has 0 unspecified atom stereocenters. The molecular formula is C54H66Cl4N2O8S2. The molecule has 0 saturated carbocycles. The number of nitrogens with zero attached hydrogens (tertiary/aromatic N) is 2. The molecule has 2 amide bonds. The van der Waals surface area contributed by atoms with E-state index in [-0.39, 0.29) is 71.2 Å². The highest BCUT2D eigenvalue weighted by molar-refractivity contribution is 7.85. The van der Waals surface area contributed by atoms with Crippen LogP contribution in [0.5, 0.6) is 0 Å². The van der Waals surface area contributed by atoms with Crippen molar-refractivity contribution < 1.29 is 37.8 Å². The van der Waals surface area contributed by atoms with E-state index in [2.05, 4.69) is 0 Å². The van der Waals surface area contributed by atoms with Gasteiger partial charge in [0.25, 0.3) is 0 Å². The maximum Gasteiger partial charge on any atom is 0.304 e. The molecule has 2 fully saturated rings. The Labute approximate surface area is 438 Å². The van der Waals surface area contributed by atoms with Crippen molar-refractivity contribution in [1.29, 1.82) is 0 Å². The highest BCUT2D eigenvalue weighted by Gasteiger charge is 2.54. The Kier molecular flexibility index (Phi) is 20.2. The predicted molar refractivity (Wildman–Crippen MR) is 285 cm³/mol. The number of rotatable bonds is 18. The van der Waals surface area contributed by atoms with Gasteiger partial charge in [0.1, 0.15) is 0 Å². The van der Waals surface area contributed by atoms with Gasteiger partial charge in [0.15, 0.2) is 0 Å². The number of piperidine rings is 2. The van der Waals surface area contributed by atoms with Crippen LogP contribution in [0.3, 0.4) is 0 Å². The molecule has 70 heavy (non-hydrogen) atoms. The number of likely N-dealkylation sites (tertiary alicyclic amines) is 2. The van der Waals surface area contributed by atoms with Crippen molar-refractivity contribution in [3.63, 3.8) is 0 Å². The van der Waals surface area contributed by atoms with Gasteiger partial charge < -0.3 is 20.0 Å². The molecule has 2 aliphatic rings. The number of amides is 2. The molecule has 0 spiro atoms. The van der Waals surface area contributed by atoms with Crippen LogP contribution < -0.4 is 0 Å². The van der Waals surface area contributed by atoms with Crippen LogP contribution in [0, 0.1) is 10.8 Å². The van der Waals surface area contributed by atoms with E-state index in [1.165, 1.54) is 0 Å². The molecule has 2 aliphatic heterocycles. The standard InChI is InChI=1S/2C27H33Cl2NO4S/c2*1-5-22(16-35(34)17(2)3)30-25(18-9-11-20(28)12-10-18)23(19-7-6-8-21(29)13-19)14-27(4,26(30)33)15-24(31)32/h2*6-13,17,22-23,25H,5,14-16H2,1-4H3,(H,31,32)/t22-,23+,25+,27+,35+;22-,23+,25+,27+,35-/m00/s1. The first-order valence-corrected chi connectivity index (χ1v) is 28.1. The van der Waals surface area contributed by atoms with Crippen LogP contribution in [0.2, 0.25) is 20.1 Å². The van der Waals surface area contributed by atoms with Crippen molar-refractivity contribution in [2.45, 2.75) is 140 Å². The van der Waals surface area contributed by atoms with Gasteiger partial charge in [0.05, 0.1) is 35.8 Å². The minimum Gasteiger partial charge on any atom is -0.481 e. The van der Waals surface area contributed by atoms with Gasteiger partial charge in [-0.2, -0.15) is 0 Å². The number of benzene rings is 4. The monoisotopic (exact) mass is 1070 g/mol. The van der Waals surface area contributed by atoms with E-state index in [1.54, 1.807) is 50.2 Å². The van der Waals surface area contributed by atoms with E-state index >= 15 is 0 Å². The largest absolute Gasteiger partial charge is 0.481 e. The zero-order valence-electron chi connectivity index (χ0n) is 41.1. The first-order chi connectivity index (χ1) is 32.9. The van der Waals surface area contributed by atoms with Crippen molar-refractivity contribution in [2.24, 2.45) is 10.8 Å². The minimum atomic E-state index is -1.14. The van der Waals surface area contributed by atoms with E-state index in [9.17, 15) is 37.8 Å². The zero-order valence-corrected chi connectivity index (χ0v) is 45.7. The normalized spacial score (nSPS) is 24.4. The summed E-state index contributed by atoms with van der Waals surface area (Å²) in [6.45, 7) is 15.0. The quantitative estimate of drug-likeness (QED) is 0.100. The Morgan fingerprint density at radius 3 is 1.17 bits per heavy atom. The Bertz CT molecular complexity index is 2350. The first kappa shape index (κ1) is 57.1. The van der Waals surface area contributed by atoms with Gasteiger partial charge in [-0.1, -0.05) is 150 Å². The molecule has 4 aromatic carbocycles. The van der Waals surface area contributed by atoms with E-state index in [0.29, 0.717) is 57.3 Å². The van der Waals surface area contributed by atoms with E-state index in [0.717, 1.165) is 22.3 Å². The van der Waals surface area contributed by atoms with Crippen LogP contribution in [0.15, 0.2) is 97.1 Å². The van der Waals surface area contributed by atoms with Crippen LogP contribution >= 0.6 is 46.4 Å². The predicted octanol–water partition coefficient (Wildman–Crippen LogP) is 12.9. The Morgan fingerprint density at radius 1 is 0.571 bits per heavy atom. The third-order valence-corrected chi connectivity index (χ3v) is 18.3. The fraction of sp³-hybridized carbons (Fsp3) is 0.481. The van der Waals surface area contributed by atoms with Gasteiger partial charge in [0, 0.05) is 87.6 Å². The topological polar surface area (TPSA) is 149 Å². The molecule has 0 bridgehead atoms. The maximum atomic E-state index is 14.1. The number of hydrogen-bond acceptors (Lipinski definition) is 6. The summed E-state index contributed by atoms with van der Waals surface area (Å²) in [4.78, 5) is 55.6. The summed E-state index contributed by atoms with van der Waals surface area (Å²) in [7, 11) is -2.28. The fourth-order valence-corrected chi connectivity index (χ4v) is 13.1. The second-order valence-corrected chi connectivity index (χ2v) is 25.5. The Morgan fingerprint density at radius 2 is 0.900 bits per heavy atom. The first-order valence-electron chi connectivity index (χ1n) is 23.8. The summed E-state index contributed by atoms with van der Waals surface area (Å²) in [5.74, 6) is -2.23. The molecule has 10 atom stereocenters. The van der Waals surface area contributed by atoms with Crippen molar-refractivity contribution in [3.05, 3.63) is 139 Å². The highest BCUT2D eigenvalue weighted by Crippen LogP contribution is 2.54. The number of aliphatic carboxylic acids is 2. The summed E-state index contributed by atoms with van der Waals surface area (Å²) in [5, 5.41) is 21.7. The zero-order chi connectivity index (χ0) is 51.8. The Balaban J connectivity index is 0.000000261. The lowest BCUT2D eigenvalue weighted by Crippen LogP contribution is -2.57. The Hall–Kier alpha value is -3.78. The number of carbonyl (C=O) groups is 4. The van der Waals surface area contributed by atoms with Gasteiger partial charge in [-0.05, 0) is 96.5 Å². The lowest BCUT2D eigenvalue weighted by Gasteiger charge is -2.52. The number of hydrogen-bond donors (Lipinski definition) is 2. The van der Waals surface area contributed by atoms with Gasteiger partial charge in [-0.3, -0.25) is 27.6 Å². The highest BCUT2D eigenvalue weighted by atomic mass is 35.5. The van der Waals surface area contributed by atoms with Crippen LogP contribution in [0.25, 0.3) is 0 Å². The molecule has 16 heteroatoms. The van der Waals surface area contributed by atoms with E-state index in [4.69, 9.17) is 46.4 Å². The van der Waals surface area contributed by atoms with Crippen LogP contribution in [0.4, 0.5) is 0 Å². The fourth-order valence-electron chi connectivity index (χ4n) is 10.1. The summed E-state index contributed by atoms with van der Waals surface area (Å²) < 4.78 is 25.9. The van der Waals surface area contributed by atoms with Crippen LogP contribution in [-0.2, 0) is 40.8 Å². The second kappa shape index (κ2) is 24.8. The van der Waals surface area contributed by atoms with Gasteiger partial charge in [-0.25, -0.2) is 0 Å². The molecule has 6 rings (SSSR count). The molecular weight excluding hydrogens is 1010 g/mol. The molecule has 0 aromatic heterocycles. The van der Waals surface area contributed by atoms with Crippen LogP contribution in [0.1, 0.15) is 140 Å². The number of carboxylic acids is 2. The van der Waals surface area contributed by atoms with Crippen molar-refractivity contribution in [2.75, 3.05) is 11.5 Å². The SMILES string of the molecule is CC[C@@H](C[S@@](=O)C(C)C)N1C(=O)[C@@](C)(CC(=O)O)C[C@H](c2cccc(Cl)c2)[C@H]1c1ccc(Cl)cc1.CC[C@@H](C[S@](=O)C(C)C)N1C(=O)[C@@](C)(CC(=O)O)C[C@H](c2cccc(Cl)c2)[C@H]1c1ccc(Cl)cc1. The van der Waals surface area contributed by atoms with Crippen LogP contribution in [-0.4, -0.2) is 86.3 Å². The average Bonchev–Trinajstić information content (AvgIpc) is 3.29. The molecule has 0 radical (unpaired) electrons. The van der Waals surface area contributed by atoms with Gasteiger partial charge >= 0.3 is 11.9 Å². The van der Waals surface area contributed by atoms with E-state index < -0.39 is 44.4 Å².